The van der Waals surface area contributed by atoms with Crippen LogP contribution in [0.5, 0.6) is 0 Å². The van der Waals surface area contributed by atoms with Crippen molar-refractivity contribution in [2.75, 3.05) is 0 Å². The summed E-state index contributed by atoms with van der Waals surface area (Å²) in [5.41, 5.74) is 0.338. The van der Waals surface area contributed by atoms with E-state index in [0.717, 1.165) is 5.56 Å². The predicted octanol–water partition coefficient (Wildman–Crippen LogP) is 3.87. The summed E-state index contributed by atoms with van der Waals surface area (Å²) in [5.74, 6) is 0.0524. The van der Waals surface area contributed by atoms with Crippen LogP contribution in [-0.2, 0) is 9.53 Å². The zero-order chi connectivity index (χ0) is 16.0. The van der Waals surface area contributed by atoms with Crippen LogP contribution in [-0.4, -0.2) is 17.5 Å². The van der Waals surface area contributed by atoms with Crippen molar-refractivity contribution in [3.63, 3.8) is 0 Å². The van der Waals surface area contributed by atoms with Crippen LogP contribution in [0.15, 0.2) is 30.3 Å². The molecule has 0 saturated heterocycles. The smallest absolute Gasteiger partial charge is 0.408 e. The number of hydrogen-bond donors (Lipinski definition) is 1. The van der Waals surface area contributed by atoms with E-state index >= 15 is 0 Å². The van der Waals surface area contributed by atoms with E-state index in [4.69, 9.17) is 4.74 Å². The quantitative estimate of drug-likeness (QED) is 0.896. The lowest BCUT2D eigenvalue weighted by molar-refractivity contribution is -0.122. The summed E-state index contributed by atoms with van der Waals surface area (Å²) in [7, 11) is 0. The van der Waals surface area contributed by atoms with Crippen molar-refractivity contribution < 1.29 is 14.3 Å². The second-order valence-corrected chi connectivity index (χ2v) is 6.43. The summed E-state index contributed by atoms with van der Waals surface area (Å²) >= 11 is 0. The Balaban J connectivity index is 2.83. The Morgan fingerprint density at radius 1 is 1.14 bits per heavy atom. The number of nitrogens with one attached hydrogen (secondary N) is 1. The highest BCUT2D eigenvalue weighted by molar-refractivity contribution is 5.81. The van der Waals surface area contributed by atoms with E-state index < -0.39 is 11.7 Å². The summed E-state index contributed by atoms with van der Waals surface area (Å²) in [6.45, 7) is 9.14. The zero-order valence-corrected chi connectivity index (χ0v) is 13.5. The molecule has 4 nitrogen and oxygen atoms in total. The van der Waals surface area contributed by atoms with E-state index in [-0.39, 0.29) is 24.2 Å². The molecule has 0 fully saturated rings. The van der Waals surface area contributed by atoms with Gasteiger partial charge in [0.15, 0.2) is 0 Å². The van der Waals surface area contributed by atoms with Gasteiger partial charge in [0.1, 0.15) is 11.4 Å². The molecule has 1 atom stereocenters. The molecule has 21 heavy (non-hydrogen) atoms. The molecule has 0 aliphatic heterocycles. The van der Waals surface area contributed by atoms with Gasteiger partial charge in [-0.1, -0.05) is 44.2 Å². The van der Waals surface area contributed by atoms with Gasteiger partial charge in [0, 0.05) is 12.3 Å². The molecule has 0 aromatic heterocycles. The summed E-state index contributed by atoms with van der Waals surface area (Å²) < 4.78 is 5.27. The van der Waals surface area contributed by atoms with Crippen molar-refractivity contribution in [1.29, 1.82) is 0 Å². The fourth-order valence-electron chi connectivity index (χ4n) is 1.82. The molecule has 0 aliphatic rings. The van der Waals surface area contributed by atoms with Crippen LogP contribution in [0.3, 0.4) is 0 Å². The third-order valence-electron chi connectivity index (χ3n) is 2.94. The van der Waals surface area contributed by atoms with Crippen LogP contribution in [0.25, 0.3) is 0 Å². The minimum Gasteiger partial charge on any atom is -0.444 e. The van der Waals surface area contributed by atoms with Crippen molar-refractivity contribution in [2.45, 2.75) is 52.7 Å². The van der Waals surface area contributed by atoms with Gasteiger partial charge in [-0.3, -0.25) is 4.79 Å². The molecule has 0 heterocycles. The number of ether oxygens (including phenoxy) is 1. The Kier molecular flexibility index (Phi) is 5.94. The number of carbonyl (C=O) groups is 2. The maximum atomic E-state index is 12.0. The lowest BCUT2D eigenvalue weighted by Crippen LogP contribution is -2.36. The fraction of sp³-hybridized carbons (Fsp3) is 0.529. The molecule has 0 radical (unpaired) electrons. The lowest BCUT2D eigenvalue weighted by atomic mass is 9.96. The highest BCUT2D eigenvalue weighted by Gasteiger charge is 2.23. The number of alkyl carbamates (subject to hydrolysis) is 1. The highest BCUT2D eigenvalue weighted by atomic mass is 16.6. The van der Waals surface area contributed by atoms with Gasteiger partial charge in [0.05, 0.1) is 6.04 Å². The first-order valence-electron chi connectivity index (χ1n) is 7.26. The molecule has 0 saturated carbocycles. The Morgan fingerprint density at radius 2 is 1.71 bits per heavy atom. The van der Waals surface area contributed by atoms with Gasteiger partial charge in [0.25, 0.3) is 0 Å². The first-order chi connectivity index (χ1) is 9.69. The average Bonchev–Trinajstić information content (AvgIpc) is 2.36. The summed E-state index contributed by atoms with van der Waals surface area (Å²) in [6, 6.07) is 9.11. The van der Waals surface area contributed by atoms with E-state index in [1.165, 1.54) is 0 Å². The van der Waals surface area contributed by atoms with E-state index in [0.29, 0.717) is 0 Å². The standard InChI is InChI=1S/C17H25NO3/c1-12(2)15(19)11-14(13-9-7-6-8-10-13)18-16(20)21-17(3,4)5/h6-10,12,14H,11H2,1-5H3,(H,18,20)/t14-/m0/s1. The molecule has 1 aromatic rings. The van der Waals surface area contributed by atoms with Gasteiger partial charge in [-0.2, -0.15) is 0 Å². The normalized spacial score (nSPS) is 12.9. The minimum absolute atomic E-state index is 0.0587. The molecular formula is C17H25NO3. The third-order valence-corrected chi connectivity index (χ3v) is 2.94. The number of ketones is 1. The molecule has 4 heteroatoms. The van der Waals surface area contributed by atoms with Crippen molar-refractivity contribution in [1.82, 2.24) is 5.32 Å². The lowest BCUT2D eigenvalue weighted by Gasteiger charge is -2.24. The molecule has 0 bridgehead atoms. The molecule has 116 valence electrons. The largest absolute Gasteiger partial charge is 0.444 e. The number of benzene rings is 1. The number of rotatable bonds is 5. The molecule has 0 unspecified atom stereocenters. The minimum atomic E-state index is -0.562. The zero-order valence-electron chi connectivity index (χ0n) is 13.5. The Bertz CT molecular complexity index is 475. The second-order valence-electron chi connectivity index (χ2n) is 6.43. The summed E-state index contributed by atoms with van der Waals surface area (Å²) in [4.78, 5) is 24.0. The second kappa shape index (κ2) is 7.25. The molecule has 1 N–H and O–H groups in total. The average molecular weight is 291 g/mol. The number of amides is 1. The highest BCUT2D eigenvalue weighted by Crippen LogP contribution is 2.20. The topological polar surface area (TPSA) is 55.4 Å². The third kappa shape index (κ3) is 6.43. The van der Waals surface area contributed by atoms with Crippen molar-refractivity contribution in [3.8, 4) is 0 Å². The Labute approximate surface area is 126 Å². The van der Waals surface area contributed by atoms with Gasteiger partial charge in [-0.05, 0) is 26.3 Å². The van der Waals surface area contributed by atoms with Crippen molar-refractivity contribution in [3.05, 3.63) is 35.9 Å². The maximum Gasteiger partial charge on any atom is 0.408 e. The van der Waals surface area contributed by atoms with E-state index in [2.05, 4.69) is 5.32 Å². The molecule has 0 aliphatic carbocycles. The van der Waals surface area contributed by atoms with E-state index in [1.54, 1.807) is 0 Å². The number of hydrogen-bond acceptors (Lipinski definition) is 3. The molecule has 1 amide bonds. The van der Waals surface area contributed by atoms with Gasteiger partial charge in [-0.15, -0.1) is 0 Å². The fourth-order valence-corrected chi connectivity index (χ4v) is 1.82. The van der Waals surface area contributed by atoms with Gasteiger partial charge in [0.2, 0.25) is 0 Å². The summed E-state index contributed by atoms with van der Waals surface area (Å²) in [6.07, 6.45) is -0.242. The number of carbonyl (C=O) groups excluding carboxylic acids is 2. The van der Waals surface area contributed by atoms with E-state index in [9.17, 15) is 9.59 Å². The van der Waals surface area contributed by atoms with Crippen LogP contribution in [0.2, 0.25) is 0 Å². The molecule has 0 spiro atoms. The molecular weight excluding hydrogens is 266 g/mol. The SMILES string of the molecule is CC(C)C(=O)C[C@H](NC(=O)OC(C)(C)C)c1ccccc1. The molecule has 1 aromatic carbocycles. The van der Waals surface area contributed by atoms with Crippen LogP contribution in [0.4, 0.5) is 4.79 Å². The molecule has 1 rings (SSSR count). The Morgan fingerprint density at radius 3 is 2.19 bits per heavy atom. The van der Waals surface area contributed by atoms with Crippen molar-refractivity contribution in [2.24, 2.45) is 5.92 Å². The van der Waals surface area contributed by atoms with Crippen LogP contribution in [0, 0.1) is 5.92 Å². The first kappa shape index (κ1) is 17.2. The van der Waals surface area contributed by atoms with Crippen molar-refractivity contribution >= 4 is 11.9 Å². The van der Waals surface area contributed by atoms with Crippen LogP contribution < -0.4 is 5.32 Å². The van der Waals surface area contributed by atoms with Crippen LogP contribution in [0.1, 0.15) is 52.6 Å². The maximum absolute atomic E-state index is 12.0. The van der Waals surface area contributed by atoms with Gasteiger partial charge >= 0.3 is 6.09 Å². The number of Topliss-reactive ketones (excluding diaryl/α,β-unsaturated/α-hetero) is 1. The van der Waals surface area contributed by atoms with Gasteiger partial charge in [-0.25, -0.2) is 4.79 Å². The monoisotopic (exact) mass is 291 g/mol. The summed E-state index contributed by atoms with van der Waals surface area (Å²) in [5, 5.41) is 2.79. The first-order valence-corrected chi connectivity index (χ1v) is 7.26. The predicted molar refractivity (Wildman–Crippen MR) is 83.0 cm³/mol. The van der Waals surface area contributed by atoms with Crippen LogP contribution >= 0.6 is 0 Å². The van der Waals surface area contributed by atoms with E-state index in [1.807, 2.05) is 65.0 Å². The van der Waals surface area contributed by atoms with Gasteiger partial charge < -0.3 is 10.1 Å². The Hall–Kier alpha value is -1.84.